The van der Waals surface area contributed by atoms with Crippen molar-refractivity contribution in [3.8, 4) is 0 Å². The van der Waals surface area contributed by atoms with Crippen LogP contribution >= 0.6 is 0 Å². The van der Waals surface area contributed by atoms with Crippen LogP contribution in [0.3, 0.4) is 0 Å². The van der Waals surface area contributed by atoms with Crippen LogP contribution in [0.25, 0.3) is 0 Å². The Morgan fingerprint density at radius 3 is 2.41 bits per heavy atom. The van der Waals surface area contributed by atoms with Crippen molar-refractivity contribution in [3.63, 3.8) is 0 Å². The zero-order valence-electron chi connectivity index (χ0n) is 12.3. The van der Waals surface area contributed by atoms with Gasteiger partial charge in [0, 0.05) is 12.5 Å². The van der Waals surface area contributed by atoms with Gasteiger partial charge in [0.1, 0.15) is 6.61 Å². The third kappa shape index (κ3) is 4.09. The first kappa shape index (κ1) is 14.6. The summed E-state index contributed by atoms with van der Waals surface area (Å²) in [6.45, 7) is 1.55. The highest BCUT2D eigenvalue weighted by Gasteiger charge is 2.33. The van der Waals surface area contributed by atoms with E-state index in [0.29, 0.717) is 6.54 Å². The molecule has 4 heteroatoms. The zero-order valence-corrected chi connectivity index (χ0v) is 12.3. The molecule has 0 aliphatic carbocycles. The molecule has 22 heavy (non-hydrogen) atoms. The highest BCUT2D eigenvalue weighted by molar-refractivity contribution is 5.67. The SMILES string of the molecule is O=C(NC[C@@H](c1ccccc1)C1CO1)OCc1ccccc1. The second-order valence-corrected chi connectivity index (χ2v) is 5.33. The number of rotatable bonds is 6. The molecule has 2 aromatic rings. The number of carbonyl (C=O) groups excluding carboxylic acids is 1. The summed E-state index contributed by atoms with van der Waals surface area (Å²) in [5.41, 5.74) is 2.15. The average molecular weight is 297 g/mol. The fraction of sp³-hybridized carbons (Fsp3) is 0.278. The Morgan fingerprint density at radius 1 is 1.14 bits per heavy atom. The fourth-order valence-electron chi connectivity index (χ4n) is 2.42. The number of hydrogen-bond donors (Lipinski definition) is 1. The van der Waals surface area contributed by atoms with E-state index in [1.165, 1.54) is 5.56 Å². The molecule has 1 N–H and O–H groups in total. The van der Waals surface area contributed by atoms with Gasteiger partial charge in [-0.25, -0.2) is 4.79 Å². The number of epoxide rings is 1. The molecule has 0 aromatic heterocycles. The molecular weight excluding hydrogens is 278 g/mol. The summed E-state index contributed by atoms with van der Waals surface area (Å²) in [6.07, 6.45) is -0.206. The Kier molecular flexibility index (Phi) is 4.71. The second-order valence-electron chi connectivity index (χ2n) is 5.33. The minimum Gasteiger partial charge on any atom is -0.445 e. The van der Waals surface area contributed by atoms with Crippen LogP contribution in [-0.4, -0.2) is 25.3 Å². The molecule has 1 aliphatic rings. The second kappa shape index (κ2) is 7.09. The Balaban J connectivity index is 1.49. The standard InChI is InChI=1S/C18H19NO3/c20-18(22-12-14-7-3-1-4-8-14)19-11-16(17-13-21-17)15-9-5-2-6-10-15/h1-10,16-17H,11-13H2,(H,19,20)/t16-,17?/m0/s1. The number of benzene rings is 2. The number of nitrogens with one attached hydrogen (secondary N) is 1. The number of amides is 1. The summed E-state index contributed by atoms with van der Waals surface area (Å²) in [5.74, 6) is 0.172. The van der Waals surface area contributed by atoms with E-state index in [1.807, 2.05) is 48.5 Å². The average Bonchev–Trinajstić information content (AvgIpc) is 3.40. The summed E-state index contributed by atoms with van der Waals surface area (Å²) < 4.78 is 10.6. The maximum atomic E-state index is 11.8. The van der Waals surface area contributed by atoms with Gasteiger partial charge in [0.15, 0.2) is 0 Å². The third-order valence-corrected chi connectivity index (χ3v) is 3.71. The smallest absolute Gasteiger partial charge is 0.407 e. The van der Waals surface area contributed by atoms with E-state index in [1.54, 1.807) is 0 Å². The van der Waals surface area contributed by atoms with Crippen molar-refractivity contribution in [3.05, 3.63) is 71.8 Å². The van der Waals surface area contributed by atoms with E-state index in [-0.39, 0.29) is 18.6 Å². The van der Waals surface area contributed by atoms with Crippen LogP contribution < -0.4 is 5.32 Å². The van der Waals surface area contributed by atoms with Crippen molar-refractivity contribution in [2.45, 2.75) is 18.6 Å². The van der Waals surface area contributed by atoms with Gasteiger partial charge >= 0.3 is 6.09 Å². The quantitative estimate of drug-likeness (QED) is 0.834. The van der Waals surface area contributed by atoms with E-state index >= 15 is 0 Å². The molecule has 2 aromatic carbocycles. The molecule has 1 fully saturated rings. The molecule has 114 valence electrons. The molecule has 0 radical (unpaired) electrons. The first-order chi connectivity index (χ1) is 10.8. The largest absolute Gasteiger partial charge is 0.445 e. The third-order valence-electron chi connectivity index (χ3n) is 3.71. The van der Waals surface area contributed by atoms with E-state index in [0.717, 1.165) is 12.2 Å². The van der Waals surface area contributed by atoms with Crippen LogP contribution in [0.1, 0.15) is 17.0 Å². The Hall–Kier alpha value is -2.33. The minimum absolute atomic E-state index is 0.172. The first-order valence-electron chi connectivity index (χ1n) is 7.44. The lowest BCUT2D eigenvalue weighted by atomic mass is 9.96. The molecule has 1 unspecified atom stereocenters. The van der Waals surface area contributed by atoms with Crippen LogP contribution in [0.2, 0.25) is 0 Å². The van der Waals surface area contributed by atoms with Gasteiger partial charge in [0.25, 0.3) is 0 Å². The van der Waals surface area contributed by atoms with Crippen LogP contribution in [0.15, 0.2) is 60.7 Å². The number of alkyl carbamates (subject to hydrolysis) is 1. The van der Waals surface area contributed by atoms with E-state index in [2.05, 4.69) is 17.4 Å². The summed E-state index contributed by atoms with van der Waals surface area (Å²) >= 11 is 0. The van der Waals surface area contributed by atoms with Crippen molar-refractivity contribution < 1.29 is 14.3 Å². The molecule has 4 nitrogen and oxygen atoms in total. The normalized spacial score (nSPS) is 17.5. The fourth-order valence-corrected chi connectivity index (χ4v) is 2.42. The first-order valence-corrected chi connectivity index (χ1v) is 7.44. The molecule has 0 bridgehead atoms. The topological polar surface area (TPSA) is 50.9 Å². The van der Waals surface area contributed by atoms with Gasteiger partial charge in [-0.3, -0.25) is 0 Å². The highest BCUT2D eigenvalue weighted by Crippen LogP contribution is 2.29. The lowest BCUT2D eigenvalue weighted by molar-refractivity contribution is 0.138. The van der Waals surface area contributed by atoms with Gasteiger partial charge in [-0.15, -0.1) is 0 Å². The maximum absolute atomic E-state index is 11.8. The van der Waals surface area contributed by atoms with E-state index < -0.39 is 6.09 Å². The molecule has 2 atom stereocenters. The van der Waals surface area contributed by atoms with Gasteiger partial charge < -0.3 is 14.8 Å². The number of ether oxygens (including phenoxy) is 2. The van der Waals surface area contributed by atoms with Gasteiger partial charge in [0.05, 0.1) is 12.7 Å². The summed E-state index contributed by atoms with van der Waals surface area (Å²) in [4.78, 5) is 11.8. The monoisotopic (exact) mass is 297 g/mol. The van der Waals surface area contributed by atoms with Gasteiger partial charge in [0.2, 0.25) is 0 Å². The van der Waals surface area contributed by atoms with Crippen LogP contribution in [0.4, 0.5) is 4.79 Å². The molecule has 1 saturated heterocycles. The molecule has 1 heterocycles. The lowest BCUT2D eigenvalue weighted by Crippen LogP contribution is -2.30. The van der Waals surface area contributed by atoms with Crippen LogP contribution in [0.5, 0.6) is 0 Å². The Labute approximate surface area is 130 Å². The molecule has 1 amide bonds. The van der Waals surface area contributed by atoms with Crippen molar-refractivity contribution in [1.29, 1.82) is 0 Å². The van der Waals surface area contributed by atoms with E-state index in [4.69, 9.17) is 9.47 Å². The van der Waals surface area contributed by atoms with Gasteiger partial charge in [-0.05, 0) is 11.1 Å². The predicted octanol–water partition coefficient (Wildman–Crippen LogP) is 3.10. The number of hydrogen-bond acceptors (Lipinski definition) is 3. The zero-order chi connectivity index (χ0) is 15.2. The minimum atomic E-state index is -0.398. The van der Waals surface area contributed by atoms with Crippen molar-refractivity contribution in [1.82, 2.24) is 5.32 Å². The summed E-state index contributed by atoms with van der Waals surface area (Å²) in [7, 11) is 0. The molecular formula is C18H19NO3. The van der Waals surface area contributed by atoms with Crippen LogP contribution in [0, 0.1) is 0 Å². The predicted molar refractivity (Wildman–Crippen MR) is 83.6 cm³/mol. The molecule has 1 aliphatic heterocycles. The van der Waals surface area contributed by atoms with Gasteiger partial charge in [-0.1, -0.05) is 60.7 Å². The Morgan fingerprint density at radius 2 is 1.77 bits per heavy atom. The van der Waals surface area contributed by atoms with Gasteiger partial charge in [-0.2, -0.15) is 0 Å². The summed E-state index contributed by atoms with van der Waals surface area (Å²) in [6, 6.07) is 19.7. The molecule has 3 rings (SSSR count). The lowest BCUT2D eigenvalue weighted by Gasteiger charge is -2.16. The molecule has 0 saturated carbocycles. The highest BCUT2D eigenvalue weighted by atomic mass is 16.6. The molecule has 0 spiro atoms. The number of carbonyl (C=O) groups is 1. The van der Waals surface area contributed by atoms with Crippen molar-refractivity contribution in [2.75, 3.05) is 13.2 Å². The van der Waals surface area contributed by atoms with Crippen molar-refractivity contribution >= 4 is 6.09 Å². The van der Waals surface area contributed by atoms with Crippen molar-refractivity contribution in [2.24, 2.45) is 0 Å². The summed E-state index contributed by atoms with van der Waals surface area (Å²) in [5, 5.41) is 2.83. The maximum Gasteiger partial charge on any atom is 0.407 e. The van der Waals surface area contributed by atoms with Crippen LogP contribution in [-0.2, 0) is 16.1 Å². The van der Waals surface area contributed by atoms with E-state index in [9.17, 15) is 4.79 Å². The Bertz CT molecular complexity index is 596.